The van der Waals surface area contributed by atoms with Crippen molar-refractivity contribution in [2.45, 2.75) is 18.9 Å². The Bertz CT molecular complexity index is 633. The third-order valence-corrected chi connectivity index (χ3v) is 4.57. The van der Waals surface area contributed by atoms with Gasteiger partial charge in [0.2, 0.25) is 0 Å². The van der Waals surface area contributed by atoms with Gasteiger partial charge in [0.25, 0.3) is 0 Å². The van der Waals surface area contributed by atoms with Crippen LogP contribution < -0.4 is 4.90 Å². The van der Waals surface area contributed by atoms with Gasteiger partial charge in [-0.1, -0.05) is 18.2 Å². The summed E-state index contributed by atoms with van der Waals surface area (Å²) in [5.41, 5.74) is 1.81. The third-order valence-electron chi connectivity index (χ3n) is 3.85. The first-order valence-corrected chi connectivity index (χ1v) is 8.57. The number of carbonyl (C=O) groups is 1. The number of carbonyl (C=O) groups excluding carboxylic acids is 1. The molecule has 3 rings (SSSR count). The van der Waals surface area contributed by atoms with E-state index in [4.69, 9.17) is 4.74 Å². The van der Waals surface area contributed by atoms with Crippen LogP contribution in [0, 0.1) is 3.57 Å². The van der Waals surface area contributed by atoms with Gasteiger partial charge in [-0.15, -0.1) is 12.4 Å². The normalized spacial score (nSPS) is 17.3. The topological polar surface area (TPSA) is 29.5 Å². The molecular formula is C18H19ClINO2. The summed E-state index contributed by atoms with van der Waals surface area (Å²) >= 11 is 2.23. The summed E-state index contributed by atoms with van der Waals surface area (Å²) < 4.78 is 6.80. The average Bonchev–Trinajstić information content (AvgIpc) is 2.56. The summed E-state index contributed by atoms with van der Waals surface area (Å²) in [6.07, 6.45) is 1.93. The Hall–Kier alpha value is -1.27. The quantitative estimate of drug-likeness (QED) is 0.515. The van der Waals surface area contributed by atoms with E-state index in [0.29, 0.717) is 5.56 Å². The summed E-state index contributed by atoms with van der Waals surface area (Å²) in [5, 5.41) is 0. The number of nitrogens with zero attached hydrogens (tertiary/aromatic N) is 1. The standard InChI is InChI=1S/C18H18INO2.ClH/c19-15-10-8-14(9-11-15)18(21)22-17-7-4-12-20(13-17)16-5-2-1-3-6-16;/h1-3,5-6,8-11,17H,4,7,12-13H2;1H. The van der Waals surface area contributed by atoms with Gasteiger partial charge in [0.15, 0.2) is 0 Å². The zero-order valence-electron chi connectivity index (χ0n) is 12.7. The van der Waals surface area contributed by atoms with Crippen LogP contribution in [0.25, 0.3) is 0 Å². The number of piperidine rings is 1. The van der Waals surface area contributed by atoms with Crippen molar-refractivity contribution in [3.05, 3.63) is 63.7 Å². The summed E-state index contributed by atoms with van der Waals surface area (Å²) in [7, 11) is 0. The minimum Gasteiger partial charge on any atom is -0.457 e. The number of rotatable bonds is 3. The molecule has 1 aliphatic heterocycles. The number of hydrogen-bond acceptors (Lipinski definition) is 3. The Morgan fingerprint density at radius 1 is 1.09 bits per heavy atom. The van der Waals surface area contributed by atoms with Gasteiger partial charge in [0.1, 0.15) is 6.10 Å². The van der Waals surface area contributed by atoms with Crippen LogP contribution in [0.2, 0.25) is 0 Å². The highest BCUT2D eigenvalue weighted by Gasteiger charge is 2.23. The highest BCUT2D eigenvalue weighted by atomic mass is 127. The molecule has 0 aliphatic carbocycles. The van der Waals surface area contributed by atoms with Gasteiger partial charge < -0.3 is 9.64 Å². The van der Waals surface area contributed by atoms with Crippen LogP contribution in [-0.2, 0) is 4.74 Å². The number of anilines is 1. The van der Waals surface area contributed by atoms with Crippen molar-refractivity contribution in [1.82, 2.24) is 0 Å². The lowest BCUT2D eigenvalue weighted by molar-refractivity contribution is 0.0270. The molecule has 1 unspecified atom stereocenters. The van der Waals surface area contributed by atoms with Crippen molar-refractivity contribution in [1.29, 1.82) is 0 Å². The van der Waals surface area contributed by atoms with E-state index in [-0.39, 0.29) is 24.5 Å². The van der Waals surface area contributed by atoms with E-state index < -0.39 is 0 Å². The lowest BCUT2D eigenvalue weighted by Gasteiger charge is -2.34. The second kappa shape index (κ2) is 8.55. The average molecular weight is 444 g/mol. The van der Waals surface area contributed by atoms with Crippen LogP contribution in [0.3, 0.4) is 0 Å². The molecule has 0 aromatic heterocycles. The van der Waals surface area contributed by atoms with Gasteiger partial charge >= 0.3 is 5.97 Å². The molecule has 0 spiro atoms. The summed E-state index contributed by atoms with van der Waals surface area (Å²) in [4.78, 5) is 14.5. The van der Waals surface area contributed by atoms with Crippen LogP contribution in [-0.4, -0.2) is 25.2 Å². The molecule has 2 aromatic carbocycles. The molecule has 0 amide bonds. The molecule has 5 heteroatoms. The van der Waals surface area contributed by atoms with Crippen molar-refractivity contribution in [2.75, 3.05) is 18.0 Å². The van der Waals surface area contributed by atoms with Crippen molar-refractivity contribution >= 4 is 46.7 Å². The molecular weight excluding hydrogens is 425 g/mol. The van der Waals surface area contributed by atoms with Crippen LogP contribution in [0.15, 0.2) is 54.6 Å². The second-order valence-electron chi connectivity index (χ2n) is 5.46. The molecule has 0 saturated carbocycles. The van der Waals surface area contributed by atoms with Crippen LogP contribution in [0.1, 0.15) is 23.2 Å². The van der Waals surface area contributed by atoms with E-state index in [0.717, 1.165) is 29.5 Å². The zero-order chi connectivity index (χ0) is 15.4. The minimum atomic E-state index is -0.226. The second-order valence-corrected chi connectivity index (χ2v) is 6.70. The maximum atomic E-state index is 12.2. The molecule has 1 fully saturated rings. The maximum absolute atomic E-state index is 12.2. The Kier molecular flexibility index (Phi) is 6.72. The van der Waals surface area contributed by atoms with Crippen LogP contribution in [0.4, 0.5) is 5.69 Å². The number of hydrogen-bond donors (Lipinski definition) is 0. The fourth-order valence-corrected chi connectivity index (χ4v) is 3.07. The molecule has 23 heavy (non-hydrogen) atoms. The van der Waals surface area contributed by atoms with E-state index >= 15 is 0 Å². The number of esters is 1. The minimum absolute atomic E-state index is 0. The van der Waals surface area contributed by atoms with E-state index in [1.165, 1.54) is 5.69 Å². The molecule has 1 aliphatic rings. The highest BCUT2D eigenvalue weighted by molar-refractivity contribution is 14.1. The van der Waals surface area contributed by atoms with Crippen molar-refractivity contribution in [3.63, 3.8) is 0 Å². The van der Waals surface area contributed by atoms with Gasteiger partial charge in [-0.2, -0.15) is 0 Å². The first kappa shape index (κ1) is 18.1. The zero-order valence-corrected chi connectivity index (χ0v) is 15.6. The van der Waals surface area contributed by atoms with Crippen molar-refractivity contribution in [2.24, 2.45) is 0 Å². The molecule has 1 heterocycles. The molecule has 2 aromatic rings. The predicted molar refractivity (Wildman–Crippen MR) is 103 cm³/mol. The number of halogens is 2. The molecule has 3 nitrogen and oxygen atoms in total. The van der Waals surface area contributed by atoms with Gasteiger partial charge in [0, 0.05) is 15.8 Å². The van der Waals surface area contributed by atoms with Crippen molar-refractivity contribution < 1.29 is 9.53 Å². The Labute approximate surface area is 156 Å². The Morgan fingerprint density at radius 3 is 2.48 bits per heavy atom. The maximum Gasteiger partial charge on any atom is 0.338 e. The number of para-hydroxylation sites is 1. The SMILES string of the molecule is Cl.O=C(OC1CCCN(c2ccccc2)C1)c1ccc(I)cc1. The third kappa shape index (κ3) is 4.85. The van der Waals surface area contributed by atoms with E-state index in [2.05, 4.69) is 39.6 Å². The van der Waals surface area contributed by atoms with E-state index in [1.807, 2.05) is 42.5 Å². The smallest absolute Gasteiger partial charge is 0.338 e. The summed E-state index contributed by atoms with van der Waals surface area (Å²) in [6.45, 7) is 1.78. The molecule has 0 bridgehead atoms. The fraction of sp³-hybridized carbons (Fsp3) is 0.278. The summed E-state index contributed by atoms with van der Waals surface area (Å²) in [5.74, 6) is -0.226. The molecule has 122 valence electrons. The van der Waals surface area contributed by atoms with Crippen LogP contribution in [0.5, 0.6) is 0 Å². The van der Waals surface area contributed by atoms with E-state index in [1.54, 1.807) is 0 Å². The number of ether oxygens (including phenoxy) is 1. The molecule has 0 radical (unpaired) electrons. The Morgan fingerprint density at radius 2 is 1.78 bits per heavy atom. The predicted octanol–water partition coefficient (Wildman–Crippen LogP) is 4.54. The lowest BCUT2D eigenvalue weighted by Crippen LogP contribution is -2.40. The lowest BCUT2D eigenvalue weighted by atomic mass is 10.1. The molecule has 1 saturated heterocycles. The molecule has 0 N–H and O–H groups in total. The van der Waals surface area contributed by atoms with Gasteiger partial charge in [-0.3, -0.25) is 0 Å². The van der Waals surface area contributed by atoms with Gasteiger partial charge in [0.05, 0.1) is 12.1 Å². The molecule has 1 atom stereocenters. The Balaban J connectivity index is 0.00000192. The first-order chi connectivity index (χ1) is 10.7. The first-order valence-electron chi connectivity index (χ1n) is 7.49. The van der Waals surface area contributed by atoms with Crippen LogP contribution >= 0.6 is 35.0 Å². The van der Waals surface area contributed by atoms with Gasteiger partial charge in [-0.25, -0.2) is 4.79 Å². The number of benzene rings is 2. The fourth-order valence-electron chi connectivity index (χ4n) is 2.71. The largest absolute Gasteiger partial charge is 0.457 e. The van der Waals surface area contributed by atoms with Gasteiger partial charge in [-0.05, 0) is 71.8 Å². The van der Waals surface area contributed by atoms with Crippen molar-refractivity contribution in [3.8, 4) is 0 Å². The highest BCUT2D eigenvalue weighted by Crippen LogP contribution is 2.21. The van der Waals surface area contributed by atoms with E-state index in [9.17, 15) is 4.79 Å². The monoisotopic (exact) mass is 443 g/mol. The summed E-state index contributed by atoms with van der Waals surface area (Å²) in [6, 6.07) is 17.8.